The van der Waals surface area contributed by atoms with E-state index in [1.165, 1.54) is 25.9 Å². The maximum atomic E-state index is 12.4. The summed E-state index contributed by atoms with van der Waals surface area (Å²) in [6.07, 6.45) is 2.37. The molecule has 0 saturated carbocycles. The SMILES string of the molecule is COc1cc(N)ccc1C(=O)NC1CN2CCC1CC2.Cl. The predicted octanol–water partition coefficient (Wildman–Crippen LogP) is 1.52. The molecule has 0 radical (unpaired) electrons. The van der Waals surface area contributed by atoms with Crippen LogP contribution in [-0.2, 0) is 0 Å². The van der Waals surface area contributed by atoms with E-state index < -0.39 is 0 Å². The molecule has 6 heteroatoms. The molecule has 3 aliphatic rings. The highest BCUT2D eigenvalue weighted by Gasteiger charge is 2.35. The third kappa shape index (κ3) is 3.24. The van der Waals surface area contributed by atoms with E-state index in [2.05, 4.69) is 10.2 Å². The summed E-state index contributed by atoms with van der Waals surface area (Å²) in [5.74, 6) is 1.08. The van der Waals surface area contributed by atoms with E-state index in [-0.39, 0.29) is 24.4 Å². The fraction of sp³-hybridized carbons (Fsp3) is 0.533. The predicted molar refractivity (Wildman–Crippen MR) is 85.1 cm³/mol. The lowest BCUT2D eigenvalue weighted by Crippen LogP contribution is -2.57. The topological polar surface area (TPSA) is 67.6 Å². The first-order chi connectivity index (χ1) is 9.67. The van der Waals surface area contributed by atoms with E-state index in [1.54, 1.807) is 25.3 Å². The Labute approximate surface area is 131 Å². The zero-order valence-corrected chi connectivity index (χ0v) is 13.0. The number of carbonyl (C=O) groups excluding carboxylic acids is 1. The molecule has 3 heterocycles. The average molecular weight is 312 g/mol. The highest BCUT2D eigenvalue weighted by Crippen LogP contribution is 2.28. The number of carbonyl (C=O) groups is 1. The number of nitrogens with zero attached hydrogens (tertiary/aromatic N) is 1. The molecule has 3 N–H and O–H groups in total. The van der Waals surface area contributed by atoms with E-state index >= 15 is 0 Å². The van der Waals surface area contributed by atoms with Crippen molar-refractivity contribution in [3.8, 4) is 5.75 Å². The molecule has 1 unspecified atom stereocenters. The van der Waals surface area contributed by atoms with Crippen LogP contribution in [0.15, 0.2) is 18.2 Å². The molecule has 21 heavy (non-hydrogen) atoms. The van der Waals surface area contributed by atoms with Gasteiger partial charge in [0, 0.05) is 24.3 Å². The van der Waals surface area contributed by atoms with Crippen molar-refractivity contribution in [1.29, 1.82) is 0 Å². The van der Waals surface area contributed by atoms with Gasteiger partial charge in [-0.2, -0.15) is 0 Å². The van der Waals surface area contributed by atoms with Gasteiger partial charge in [0.15, 0.2) is 0 Å². The van der Waals surface area contributed by atoms with Gasteiger partial charge < -0.3 is 20.7 Å². The summed E-state index contributed by atoms with van der Waals surface area (Å²) in [6, 6.07) is 5.40. The number of ether oxygens (including phenoxy) is 1. The number of piperidine rings is 3. The van der Waals surface area contributed by atoms with Crippen LogP contribution in [0.4, 0.5) is 5.69 Å². The number of benzene rings is 1. The largest absolute Gasteiger partial charge is 0.496 e. The van der Waals surface area contributed by atoms with Crippen molar-refractivity contribution in [1.82, 2.24) is 10.2 Å². The molecule has 0 spiro atoms. The summed E-state index contributed by atoms with van der Waals surface area (Å²) in [5, 5.41) is 3.16. The number of nitrogens with one attached hydrogen (secondary N) is 1. The molecule has 3 aliphatic heterocycles. The first-order valence-electron chi connectivity index (χ1n) is 7.14. The van der Waals surface area contributed by atoms with Gasteiger partial charge in [-0.15, -0.1) is 12.4 Å². The van der Waals surface area contributed by atoms with E-state index in [4.69, 9.17) is 10.5 Å². The van der Waals surface area contributed by atoms with Crippen molar-refractivity contribution in [2.75, 3.05) is 32.5 Å². The van der Waals surface area contributed by atoms with Crippen LogP contribution < -0.4 is 15.8 Å². The standard InChI is InChI=1S/C15H21N3O2.ClH/c1-20-14-8-11(16)2-3-12(14)15(19)17-13-9-18-6-4-10(13)5-7-18;/h2-3,8,10,13H,4-7,9,16H2,1H3,(H,17,19);1H. The quantitative estimate of drug-likeness (QED) is 0.831. The van der Waals surface area contributed by atoms with Crippen molar-refractivity contribution in [3.05, 3.63) is 23.8 Å². The van der Waals surface area contributed by atoms with Gasteiger partial charge in [-0.05, 0) is 44.0 Å². The Bertz CT molecular complexity index is 516. The van der Waals surface area contributed by atoms with Gasteiger partial charge in [0.05, 0.1) is 12.7 Å². The second-order valence-electron chi connectivity index (χ2n) is 5.68. The van der Waals surface area contributed by atoms with Crippen LogP contribution in [0.5, 0.6) is 5.75 Å². The van der Waals surface area contributed by atoms with Crippen LogP contribution in [0.25, 0.3) is 0 Å². The molecule has 5 nitrogen and oxygen atoms in total. The van der Waals surface area contributed by atoms with E-state index in [1.807, 2.05) is 0 Å². The van der Waals surface area contributed by atoms with Crippen molar-refractivity contribution in [2.45, 2.75) is 18.9 Å². The van der Waals surface area contributed by atoms with Crippen LogP contribution in [0.1, 0.15) is 23.2 Å². The number of nitrogens with two attached hydrogens (primary N) is 1. The Morgan fingerprint density at radius 1 is 1.38 bits per heavy atom. The summed E-state index contributed by atoms with van der Waals surface area (Å²) in [7, 11) is 1.56. The normalized spacial score (nSPS) is 26.8. The van der Waals surface area contributed by atoms with Crippen molar-refractivity contribution in [3.63, 3.8) is 0 Å². The molecule has 1 amide bonds. The first-order valence-corrected chi connectivity index (χ1v) is 7.14. The third-order valence-electron chi connectivity index (χ3n) is 4.44. The smallest absolute Gasteiger partial charge is 0.255 e. The summed E-state index contributed by atoms with van der Waals surface area (Å²) >= 11 is 0. The minimum absolute atomic E-state index is 0. The summed E-state index contributed by atoms with van der Waals surface area (Å²) in [4.78, 5) is 14.9. The molecule has 3 fully saturated rings. The number of amides is 1. The lowest BCUT2D eigenvalue weighted by molar-refractivity contribution is 0.0619. The molecule has 1 atom stereocenters. The Hall–Kier alpha value is -1.46. The van der Waals surface area contributed by atoms with Crippen LogP contribution in [0, 0.1) is 5.92 Å². The first kappa shape index (κ1) is 15.9. The lowest BCUT2D eigenvalue weighted by Gasteiger charge is -2.44. The Balaban J connectivity index is 0.00000161. The molecule has 1 aromatic rings. The van der Waals surface area contributed by atoms with Gasteiger partial charge in [-0.3, -0.25) is 4.79 Å². The van der Waals surface area contributed by atoms with Gasteiger partial charge >= 0.3 is 0 Å². The highest BCUT2D eigenvalue weighted by atomic mass is 35.5. The van der Waals surface area contributed by atoms with Crippen LogP contribution in [-0.4, -0.2) is 43.6 Å². The fourth-order valence-corrected chi connectivity index (χ4v) is 3.27. The van der Waals surface area contributed by atoms with E-state index in [0.717, 1.165) is 6.54 Å². The third-order valence-corrected chi connectivity index (χ3v) is 4.44. The monoisotopic (exact) mass is 311 g/mol. The van der Waals surface area contributed by atoms with E-state index in [9.17, 15) is 4.79 Å². The van der Waals surface area contributed by atoms with Crippen LogP contribution >= 0.6 is 12.4 Å². The zero-order chi connectivity index (χ0) is 14.1. The second kappa shape index (κ2) is 6.54. The minimum atomic E-state index is -0.0689. The van der Waals surface area contributed by atoms with Gasteiger partial charge in [0.1, 0.15) is 5.75 Å². The number of hydrogen-bond acceptors (Lipinski definition) is 4. The maximum absolute atomic E-state index is 12.4. The second-order valence-corrected chi connectivity index (χ2v) is 5.68. The van der Waals surface area contributed by atoms with Gasteiger partial charge in [-0.1, -0.05) is 0 Å². The van der Waals surface area contributed by atoms with Crippen molar-refractivity contribution < 1.29 is 9.53 Å². The molecular weight excluding hydrogens is 290 g/mol. The van der Waals surface area contributed by atoms with Gasteiger partial charge in [0.2, 0.25) is 0 Å². The molecule has 0 aliphatic carbocycles. The van der Waals surface area contributed by atoms with Crippen LogP contribution in [0.2, 0.25) is 0 Å². The molecule has 116 valence electrons. The lowest BCUT2D eigenvalue weighted by atomic mass is 9.84. The number of halogens is 1. The summed E-state index contributed by atoms with van der Waals surface area (Å²) in [5.41, 5.74) is 6.87. The van der Waals surface area contributed by atoms with E-state index in [0.29, 0.717) is 22.9 Å². The molecule has 3 saturated heterocycles. The van der Waals surface area contributed by atoms with Gasteiger partial charge in [0.25, 0.3) is 5.91 Å². The Morgan fingerprint density at radius 3 is 2.67 bits per heavy atom. The van der Waals surface area contributed by atoms with Crippen LogP contribution in [0.3, 0.4) is 0 Å². The fourth-order valence-electron chi connectivity index (χ4n) is 3.27. The molecule has 2 bridgehead atoms. The van der Waals surface area contributed by atoms with Crippen molar-refractivity contribution in [2.24, 2.45) is 5.92 Å². The number of fused-ring (bicyclic) bond motifs is 3. The highest BCUT2D eigenvalue weighted by molar-refractivity contribution is 5.97. The van der Waals surface area contributed by atoms with Gasteiger partial charge in [-0.25, -0.2) is 0 Å². The zero-order valence-electron chi connectivity index (χ0n) is 12.2. The molecule has 1 aromatic carbocycles. The average Bonchev–Trinajstić information content (AvgIpc) is 2.48. The molecular formula is C15H22ClN3O2. The minimum Gasteiger partial charge on any atom is -0.496 e. The number of rotatable bonds is 3. The molecule has 0 aromatic heterocycles. The summed E-state index contributed by atoms with van der Waals surface area (Å²) in [6.45, 7) is 3.30. The molecule has 4 rings (SSSR count). The number of anilines is 1. The number of methoxy groups -OCH3 is 1. The summed E-state index contributed by atoms with van der Waals surface area (Å²) < 4.78 is 5.25. The van der Waals surface area contributed by atoms with Crippen molar-refractivity contribution >= 4 is 24.0 Å². The Kier molecular flexibility index (Phi) is 4.96. The number of hydrogen-bond donors (Lipinski definition) is 2. The maximum Gasteiger partial charge on any atom is 0.255 e. The number of nitrogen functional groups attached to an aromatic ring is 1. The Morgan fingerprint density at radius 2 is 2.10 bits per heavy atom.